The lowest BCUT2D eigenvalue weighted by Gasteiger charge is -1.83. The highest BCUT2D eigenvalue weighted by Gasteiger charge is 1.97. The molecular weight excluding hydrogens is 118 g/mol. The van der Waals surface area contributed by atoms with Crippen molar-refractivity contribution in [2.45, 2.75) is 13.8 Å². The minimum absolute atomic E-state index is 0.766. The molecule has 1 heterocycles. The molecule has 0 saturated carbocycles. The first kappa shape index (κ1) is 5.94. The van der Waals surface area contributed by atoms with E-state index in [9.17, 15) is 4.91 Å². The van der Waals surface area contributed by atoms with Crippen molar-refractivity contribution in [2.75, 3.05) is 0 Å². The van der Waals surface area contributed by atoms with Crippen molar-refractivity contribution in [1.29, 1.82) is 0 Å². The molecule has 1 rings (SSSR count). The topological polar surface area (TPSA) is 47.2 Å². The van der Waals surface area contributed by atoms with Crippen molar-refractivity contribution in [3.8, 4) is 0 Å². The van der Waals surface area contributed by atoms with Crippen molar-refractivity contribution < 1.29 is 0 Å². The molecule has 0 amide bonds. The zero-order chi connectivity index (χ0) is 6.85. The minimum Gasteiger partial charge on any atom is -0.153 e. The van der Waals surface area contributed by atoms with Crippen molar-refractivity contribution in [2.24, 2.45) is 5.29 Å². The van der Waals surface area contributed by atoms with Crippen molar-refractivity contribution in [3.63, 3.8) is 0 Å². The van der Waals surface area contributed by atoms with Crippen molar-refractivity contribution in [1.82, 2.24) is 9.89 Å². The zero-order valence-electron chi connectivity index (χ0n) is 5.33. The van der Waals surface area contributed by atoms with Crippen LogP contribution in [-0.4, -0.2) is 9.89 Å². The van der Waals surface area contributed by atoms with E-state index in [0.29, 0.717) is 0 Å². The summed E-state index contributed by atoms with van der Waals surface area (Å²) in [6, 6.07) is 1.79. The van der Waals surface area contributed by atoms with E-state index >= 15 is 0 Å². The summed E-state index contributed by atoms with van der Waals surface area (Å²) in [6.07, 6.45) is 0. The van der Waals surface area contributed by atoms with Gasteiger partial charge < -0.3 is 0 Å². The van der Waals surface area contributed by atoms with Crippen LogP contribution in [0, 0.1) is 18.8 Å². The maximum atomic E-state index is 9.89. The molecule has 0 N–H and O–H groups in total. The summed E-state index contributed by atoms with van der Waals surface area (Å²) in [7, 11) is 0. The first-order chi connectivity index (χ1) is 4.24. The van der Waals surface area contributed by atoms with Gasteiger partial charge in [0.2, 0.25) is 0 Å². The third-order valence-electron chi connectivity index (χ3n) is 1.06. The van der Waals surface area contributed by atoms with Crippen LogP contribution in [0.3, 0.4) is 0 Å². The summed E-state index contributed by atoms with van der Waals surface area (Å²) < 4.78 is 0. The first-order valence-corrected chi connectivity index (χ1v) is 2.61. The Bertz CT molecular complexity index is 228. The van der Waals surface area contributed by atoms with Crippen LogP contribution in [0.25, 0.3) is 0 Å². The molecule has 0 fully saturated rings. The van der Waals surface area contributed by atoms with Gasteiger partial charge in [-0.15, -0.1) is 9.70 Å². The fraction of sp³-hybridized carbons (Fsp3) is 0.400. The van der Waals surface area contributed by atoms with Crippen LogP contribution < -0.4 is 0 Å². The predicted octanol–water partition coefficient (Wildman–Crippen LogP) is 1.03. The number of rotatable bonds is 1. The van der Waals surface area contributed by atoms with E-state index in [-0.39, 0.29) is 0 Å². The second kappa shape index (κ2) is 1.97. The van der Waals surface area contributed by atoms with E-state index < -0.39 is 0 Å². The van der Waals surface area contributed by atoms with E-state index in [1.165, 1.54) is 0 Å². The second-order valence-corrected chi connectivity index (χ2v) is 1.90. The van der Waals surface area contributed by atoms with Gasteiger partial charge in [-0.05, 0) is 19.9 Å². The third kappa shape index (κ3) is 0.960. The van der Waals surface area contributed by atoms with Crippen LogP contribution in [0.4, 0.5) is 0 Å². The second-order valence-electron chi connectivity index (χ2n) is 1.90. The van der Waals surface area contributed by atoms with Crippen LogP contribution in [0.1, 0.15) is 11.4 Å². The average Bonchev–Trinajstić information content (AvgIpc) is 2.10. The van der Waals surface area contributed by atoms with Gasteiger partial charge in [0.15, 0.2) is 0 Å². The van der Waals surface area contributed by atoms with Gasteiger partial charge in [0, 0.05) is 0 Å². The fourth-order valence-corrected chi connectivity index (χ4v) is 0.700. The van der Waals surface area contributed by atoms with Crippen LogP contribution in [0.2, 0.25) is 0 Å². The summed E-state index contributed by atoms with van der Waals surface area (Å²) in [6.45, 7) is 3.59. The van der Waals surface area contributed by atoms with Crippen molar-refractivity contribution >= 4 is 0 Å². The Morgan fingerprint density at radius 2 is 2.33 bits per heavy atom. The van der Waals surface area contributed by atoms with E-state index in [2.05, 4.69) is 10.4 Å². The van der Waals surface area contributed by atoms with Gasteiger partial charge in [-0.3, -0.25) is 0 Å². The van der Waals surface area contributed by atoms with Crippen molar-refractivity contribution in [3.05, 3.63) is 22.4 Å². The molecular formula is C5H7N3O. The molecule has 0 radical (unpaired) electrons. The molecule has 0 unspecified atom stereocenters. The first-order valence-electron chi connectivity index (χ1n) is 2.61. The summed E-state index contributed by atoms with van der Waals surface area (Å²) in [5, 5.41) is 6.41. The molecule has 9 heavy (non-hydrogen) atoms. The van der Waals surface area contributed by atoms with Gasteiger partial charge in [-0.2, -0.15) is 5.10 Å². The van der Waals surface area contributed by atoms with Crippen LogP contribution in [0.15, 0.2) is 11.4 Å². The lowest BCUT2D eigenvalue weighted by molar-refractivity contribution is 0.700. The zero-order valence-corrected chi connectivity index (χ0v) is 5.33. The van der Waals surface area contributed by atoms with Gasteiger partial charge >= 0.3 is 0 Å². The van der Waals surface area contributed by atoms with Crippen LogP contribution >= 0.6 is 0 Å². The molecule has 4 nitrogen and oxygen atoms in total. The Morgan fingerprint density at radius 3 is 2.56 bits per heavy atom. The molecule has 0 aliphatic rings. The lowest BCUT2D eigenvalue weighted by atomic mass is 10.4. The molecule has 0 aromatic carbocycles. The number of aryl methyl sites for hydroxylation is 2. The Morgan fingerprint density at radius 1 is 1.67 bits per heavy atom. The lowest BCUT2D eigenvalue weighted by Crippen LogP contribution is -1.90. The Balaban J connectivity index is 3.15. The largest absolute Gasteiger partial charge is 0.153 e. The van der Waals surface area contributed by atoms with Gasteiger partial charge in [-0.1, -0.05) is 0 Å². The molecule has 0 aliphatic heterocycles. The SMILES string of the molecule is Cc1cc(C)n(N=O)n1. The molecule has 1 aromatic heterocycles. The van der Waals surface area contributed by atoms with Gasteiger partial charge in [-0.25, -0.2) is 0 Å². The Kier molecular flexibility index (Phi) is 1.30. The van der Waals surface area contributed by atoms with Gasteiger partial charge in [0.05, 0.1) is 16.7 Å². The fourth-order valence-electron chi connectivity index (χ4n) is 0.700. The van der Waals surface area contributed by atoms with E-state index in [4.69, 9.17) is 0 Å². The molecule has 0 bridgehead atoms. The average molecular weight is 125 g/mol. The van der Waals surface area contributed by atoms with E-state index in [0.717, 1.165) is 16.2 Å². The van der Waals surface area contributed by atoms with Gasteiger partial charge in [0.1, 0.15) is 0 Å². The maximum absolute atomic E-state index is 9.89. The Hall–Kier alpha value is -1.19. The third-order valence-corrected chi connectivity index (χ3v) is 1.06. The number of hydrogen-bond donors (Lipinski definition) is 0. The molecule has 0 saturated heterocycles. The quantitative estimate of drug-likeness (QED) is 0.526. The van der Waals surface area contributed by atoms with E-state index in [1.54, 1.807) is 13.0 Å². The van der Waals surface area contributed by atoms with Crippen LogP contribution in [0.5, 0.6) is 0 Å². The summed E-state index contributed by atoms with van der Waals surface area (Å²) in [5.74, 6) is 0. The Labute approximate surface area is 52.4 Å². The summed E-state index contributed by atoms with van der Waals surface area (Å²) >= 11 is 0. The molecule has 0 spiro atoms. The normalized spacial score (nSPS) is 9.56. The predicted molar refractivity (Wildman–Crippen MR) is 32.9 cm³/mol. The highest BCUT2D eigenvalue weighted by atomic mass is 16.3. The monoisotopic (exact) mass is 125 g/mol. The molecule has 4 heteroatoms. The van der Waals surface area contributed by atoms with Crippen LogP contribution in [-0.2, 0) is 0 Å². The number of nitrogens with zero attached hydrogens (tertiary/aromatic N) is 3. The van der Waals surface area contributed by atoms with Gasteiger partial charge in [0.25, 0.3) is 0 Å². The number of aromatic nitrogens is 2. The molecule has 0 atom stereocenters. The summed E-state index contributed by atoms with van der Waals surface area (Å²) in [4.78, 5) is 11.0. The summed E-state index contributed by atoms with van der Waals surface area (Å²) in [5.41, 5.74) is 1.58. The standard InChI is InChI=1S/C5H7N3O/c1-4-3-5(2)8(6-4)7-9/h3H,1-2H3. The minimum atomic E-state index is 0.766. The molecule has 1 aromatic rings. The molecule has 0 aliphatic carbocycles. The highest BCUT2D eigenvalue weighted by molar-refractivity contribution is 5.05. The number of hydrogen-bond acceptors (Lipinski definition) is 3. The number of nitroso groups, excluding NO2 is 1. The maximum Gasteiger partial charge on any atom is 0.0799 e. The smallest absolute Gasteiger partial charge is 0.0799 e. The molecule has 48 valence electrons. The van der Waals surface area contributed by atoms with E-state index in [1.807, 2.05) is 6.92 Å². The highest BCUT2D eigenvalue weighted by Crippen LogP contribution is 1.99.